The maximum Gasteiger partial charge on any atom is 0.319 e. The zero-order valence-corrected chi connectivity index (χ0v) is 21.1. The Morgan fingerprint density at radius 3 is 2.71 bits per heavy atom. The van der Waals surface area contributed by atoms with Crippen molar-refractivity contribution in [3.63, 3.8) is 0 Å². The van der Waals surface area contributed by atoms with Gasteiger partial charge in [0.1, 0.15) is 18.1 Å². The van der Waals surface area contributed by atoms with Gasteiger partial charge in [-0.3, -0.25) is 0 Å². The van der Waals surface area contributed by atoms with Crippen LogP contribution in [0.2, 0.25) is 24.2 Å². The highest BCUT2D eigenvalue weighted by atomic mass is 35.5. The van der Waals surface area contributed by atoms with Gasteiger partial charge in [0, 0.05) is 58.1 Å². The Balaban J connectivity index is 1.47. The molecule has 0 unspecified atom stereocenters. The van der Waals surface area contributed by atoms with E-state index in [1.54, 1.807) is 10.8 Å². The van der Waals surface area contributed by atoms with Crippen LogP contribution in [0.5, 0.6) is 11.5 Å². The summed E-state index contributed by atoms with van der Waals surface area (Å²) < 4.78 is 47.6. The molecule has 1 fully saturated rings. The van der Waals surface area contributed by atoms with Gasteiger partial charge in [-0.05, 0) is 12.1 Å². The Bertz CT molecular complexity index is 1180. The minimum Gasteiger partial charge on any atom is -0.450 e. The van der Waals surface area contributed by atoms with Crippen LogP contribution < -0.4 is 15.4 Å². The number of nitrogens with zero attached hydrogens (tertiary/aromatic N) is 2. The Morgan fingerprint density at radius 1 is 1.31 bits per heavy atom. The Hall–Kier alpha value is -2.73. The van der Waals surface area contributed by atoms with Gasteiger partial charge in [0.25, 0.3) is 0 Å². The molecule has 12 heteroatoms. The van der Waals surface area contributed by atoms with Gasteiger partial charge in [0.15, 0.2) is 17.4 Å². The van der Waals surface area contributed by atoms with E-state index in [2.05, 4.69) is 28.7 Å². The summed E-state index contributed by atoms with van der Waals surface area (Å²) in [6, 6.07) is 3.90. The molecule has 35 heavy (non-hydrogen) atoms. The van der Waals surface area contributed by atoms with E-state index >= 15 is 0 Å². The number of pyridine rings is 1. The summed E-state index contributed by atoms with van der Waals surface area (Å²) in [6.45, 7) is 6.87. The van der Waals surface area contributed by atoms with Crippen LogP contribution in [-0.2, 0) is 16.2 Å². The van der Waals surface area contributed by atoms with Crippen molar-refractivity contribution in [2.24, 2.45) is 5.92 Å². The number of carbonyl (C=O) groups is 1. The van der Waals surface area contributed by atoms with Crippen molar-refractivity contribution < 1.29 is 27.8 Å². The van der Waals surface area contributed by atoms with Gasteiger partial charge >= 0.3 is 6.03 Å². The highest BCUT2D eigenvalue weighted by Gasteiger charge is 2.21. The van der Waals surface area contributed by atoms with Crippen LogP contribution in [0.3, 0.4) is 0 Å². The van der Waals surface area contributed by atoms with E-state index in [0.717, 1.165) is 18.2 Å². The van der Waals surface area contributed by atoms with E-state index in [1.165, 1.54) is 12.3 Å². The van der Waals surface area contributed by atoms with Crippen molar-refractivity contribution in [2.45, 2.75) is 25.9 Å². The lowest BCUT2D eigenvalue weighted by Gasteiger charge is -2.25. The largest absolute Gasteiger partial charge is 0.450 e. The van der Waals surface area contributed by atoms with Crippen LogP contribution in [0.4, 0.5) is 19.3 Å². The smallest absolute Gasteiger partial charge is 0.319 e. The zero-order valence-electron chi connectivity index (χ0n) is 19.4. The van der Waals surface area contributed by atoms with Crippen molar-refractivity contribution in [3.05, 3.63) is 47.2 Å². The normalized spacial score (nSPS) is 13.8. The topological polar surface area (TPSA) is 86.6 Å². The molecule has 1 radical (unpaired) electrons. The lowest BCUT2D eigenvalue weighted by Crippen LogP contribution is -2.40. The second kappa shape index (κ2) is 11.3. The summed E-state index contributed by atoms with van der Waals surface area (Å²) in [5.41, 5.74) is 0.429. The first-order chi connectivity index (χ1) is 16.8. The number of aromatic nitrogens is 2. The number of carbonyl (C=O) groups excluding carboxylic acids is 1. The van der Waals surface area contributed by atoms with Crippen molar-refractivity contribution in [1.29, 1.82) is 0 Å². The van der Waals surface area contributed by atoms with Gasteiger partial charge in [-0.2, -0.15) is 0 Å². The SMILES string of the molecule is C[Si](C)CCOCn1cc(Cl)c2c(Oc3c(F)cc(NC(=O)NCC4COC4)cc3F)ccnc21. The first kappa shape index (κ1) is 25.4. The molecule has 0 spiro atoms. The fourth-order valence-electron chi connectivity index (χ4n) is 3.42. The maximum absolute atomic E-state index is 14.8. The number of fused-ring (bicyclic) bond motifs is 1. The third kappa shape index (κ3) is 6.29. The predicted molar refractivity (Wildman–Crippen MR) is 131 cm³/mol. The van der Waals surface area contributed by atoms with Crippen LogP contribution in [0.25, 0.3) is 11.0 Å². The molecule has 1 aromatic carbocycles. The molecule has 1 aliphatic heterocycles. The molecule has 0 saturated carbocycles. The summed E-state index contributed by atoms with van der Waals surface area (Å²) in [5.74, 6) is -2.18. The van der Waals surface area contributed by atoms with Crippen molar-refractivity contribution in [3.8, 4) is 11.5 Å². The molecule has 0 bridgehead atoms. The zero-order chi connectivity index (χ0) is 24.9. The fraction of sp³-hybridized carbons (Fsp3) is 0.391. The summed E-state index contributed by atoms with van der Waals surface area (Å²) >= 11 is 6.40. The highest BCUT2D eigenvalue weighted by molar-refractivity contribution is 6.55. The number of halogens is 3. The van der Waals surface area contributed by atoms with Crippen molar-refractivity contribution in [2.75, 3.05) is 31.7 Å². The number of nitrogens with one attached hydrogen (secondary N) is 2. The minimum absolute atomic E-state index is 0.0421. The maximum atomic E-state index is 14.8. The molecular formula is C23H26ClF2N4O4Si. The predicted octanol–water partition coefficient (Wildman–Crippen LogP) is 5.26. The number of hydrogen-bond donors (Lipinski definition) is 2. The summed E-state index contributed by atoms with van der Waals surface area (Å²) in [6.07, 6.45) is 3.11. The first-order valence-electron chi connectivity index (χ1n) is 11.1. The van der Waals surface area contributed by atoms with E-state index in [4.69, 9.17) is 25.8 Å². The molecule has 1 saturated heterocycles. The number of rotatable bonds is 10. The number of ether oxygens (including phenoxy) is 3. The average molecular weight is 524 g/mol. The Morgan fingerprint density at radius 2 is 2.06 bits per heavy atom. The summed E-state index contributed by atoms with van der Waals surface area (Å²) in [5, 5.41) is 5.78. The standard InChI is InChI=1S/C23H26ClF2N4O4Si/c1-35(2)6-5-32-13-30-10-16(24)20-19(3-4-27-22(20)30)34-21-17(25)7-15(8-18(21)26)29-23(31)28-9-14-11-33-12-14/h3-4,7-8,10,14H,5-6,9,11-13H2,1-2H3,(H2,28,29,31). The molecule has 2 N–H and O–H groups in total. The summed E-state index contributed by atoms with van der Waals surface area (Å²) in [4.78, 5) is 16.3. The third-order valence-corrected chi connectivity index (χ3v) is 6.87. The molecule has 4 rings (SSSR count). The molecule has 0 atom stereocenters. The number of hydrogen-bond acceptors (Lipinski definition) is 5. The van der Waals surface area contributed by atoms with Crippen LogP contribution in [0.15, 0.2) is 30.6 Å². The molecule has 1 aliphatic rings. The highest BCUT2D eigenvalue weighted by Crippen LogP contribution is 2.37. The average Bonchev–Trinajstić information content (AvgIpc) is 3.09. The second-order valence-electron chi connectivity index (χ2n) is 8.56. The van der Waals surface area contributed by atoms with E-state index < -0.39 is 23.4 Å². The van der Waals surface area contributed by atoms with Gasteiger partial charge < -0.3 is 29.4 Å². The number of urea groups is 1. The van der Waals surface area contributed by atoms with E-state index in [1.807, 2.05) is 0 Å². The number of anilines is 1. The van der Waals surface area contributed by atoms with E-state index in [0.29, 0.717) is 42.4 Å². The lowest BCUT2D eigenvalue weighted by molar-refractivity contribution is -0.0292. The summed E-state index contributed by atoms with van der Waals surface area (Å²) in [7, 11) is -0.387. The third-order valence-electron chi connectivity index (χ3n) is 5.38. The number of amides is 2. The molecule has 3 aromatic rings. The fourth-order valence-corrected chi connectivity index (χ4v) is 4.26. The molecule has 3 heterocycles. The quantitative estimate of drug-likeness (QED) is 0.280. The van der Waals surface area contributed by atoms with E-state index in [9.17, 15) is 13.6 Å². The van der Waals surface area contributed by atoms with Gasteiger partial charge in [-0.15, -0.1) is 0 Å². The molecule has 2 amide bonds. The monoisotopic (exact) mass is 523 g/mol. The molecule has 8 nitrogen and oxygen atoms in total. The van der Waals surface area contributed by atoms with E-state index in [-0.39, 0.29) is 32.9 Å². The van der Waals surface area contributed by atoms with Crippen LogP contribution in [0, 0.1) is 17.6 Å². The second-order valence-corrected chi connectivity index (χ2v) is 11.9. The van der Waals surface area contributed by atoms with Crippen molar-refractivity contribution in [1.82, 2.24) is 14.9 Å². The van der Waals surface area contributed by atoms with Gasteiger partial charge in [-0.25, -0.2) is 18.6 Å². The van der Waals surface area contributed by atoms with Gasteiger partial charge in [0.2, 0.25) is 0 Å². The van der Waals surface area contributed by atoms with Crippen LogP contribution >= 0.6 is 11.6 Å². The molecule has 187 valence electrons. The van der Waals surface area contributed by atoms with Crippen LogP contribution in [0.1, 0.15) is 0 Å². The van der Waals surface area contributed by atoms with Crippen LogP contribution in [-0.4, -0.2) is 50.7 Å². The number of benzene rings is 1. The Labute approximate surface area is 208 Å². The Kier molecular flexibility index (Phi) is 8.21. The van der Waals surface area contributed by atoms with Gasteiger partial charge in [-0.1, -0.05) is 24.7 Å². The first-order valence-corrected chi connectivity index (χ1v) is 14.2. The molecule has 0 aliphatic carbocycles. The minimum atomic E-state index is -0.978. The van der Waals surface area contributed by atoms with Crippen molar-refractivity contribution >= 4 is 43.1 Å². The molecular weight excluding hydrogens is 498 g/mol. The lowest BCUT2D eigenvalue weighted by atomic mass is 10.1. The van der Waals surface area contributed by atoms with Gasteiger partial charge in [0.05, 0.1) is 23.6 Å². The molecule has 2 aromatic heterocycles.